The van der Waals surface area contributed by atoms with Gasteiger partial charge in [0.25, 0.3) is 0 Å². The molecule has 0 aromatic rings. The summed E-state index contributed by atoms with van der Waals surface area (Å²) in [6.07, 6.45) is 6.02. The van der Waals surface area contributed by atoms with Gasteiger partial charge in [0.2, 0.25) is 0 Å². The van der Waals surface area contributed by atoms with Crippen molar-refractivity contribution in [3.8, 4) is 0 Å². The Morgan fingerprint density at radius 2 is 1.96 bits per heavy atom. The zero-order chi connectivity index (χ0) is 17.7. The van der Waals surface area contributed by atoms with Crippen LogP contribution in [-0.4, -0.2) is 37.1 Å². The van der Waals surface area contributed by atoms with E-state index in [-0.39, 0.29) is 25.1 Å². The second-order valence-electron chi connectivity index (χ2n) is 4.54. The van der Waals surface area contributed by atoms with Crippen LogP contribution in [0, 0.1) is 0 Å². The number of hydrogen-bond donors (Lipinski definition) is 3. The Kier molecular flexibility index (Phi) is 10.7. The normalized spacial score (nSPS) is 12.6. The number of hydrogen-bond acceptors (Lipinski definition) is 5. The minimum absolute atomic E-state index is 0.0363. The van der Waals surface area contributed by atoms with Crippen molar-refractivity contribution in [2.24, 2.45) is 0 Å². The molecule has 0 fully saturated rings. The summed E-state index contributed by atoms with van der Waals surface area (Å²) in [5, 5.41) is 13.7. The molecule has 0 aromatic carbocycles. The molecule has 0 unspecified atom stereocenters. The van der Waals surface area contributed by atoms with Crippen molar-refractivity contribution in [1.82, 2.24) is 10.6 Å². The minimum Gasteiger partial charge on any atom is -0.481 e. The molecule has 0 aromatic heterocycles. The van der Waals surface area contributed by atoms with Crippen molar-refractivity contribution in [1.29, 1.82) is 0 Å². The highest BCUT2D eigenvalue weighted by molar-refractivity contribution is 5.83. The summed E-state index contributed by atoms with van der Waals surface area (Å²) in [5.74, 6) is -0.994. The van der Waals surface area contributed by atoms with E-state index in [0.717, 1.165) is 12.0 Å². The van der Waals surface area contributed by atoms with Gasteiger partial charge >= 0.3 is 12.1 Å². The third-order valence-electron chi connectivity index (χ3n) is 2.79. The van der Waals surface area contributed by atoms with Gasteiger partial charge in [-0.3, -0.25) is 14.9 Å². The van der Waals surface area contributed by atoms with E-state index in [4.69, 9.17) is 9.84 Å². The van der Waals surface area contributed by atoms with Crippen molar-refractivity contribution in [3.05, 3.63) is 35.2 Å². The summed E-state index contributed by atoms with van der Waals surface area (Å²) in [6.45, 7) is 3.91. The molecule has 7 heteroatoms. The lowest BCUT2D eigenvalue weighted by atomic mass is 10.2. The lowest BCUT2D eigenvalue weighted by Crippen LogP contribution is -2.28. The van der Waals surface area contributed by atoms with E-state index in [1.807, 2.05) is 32.1 Å². The zero-order valence-electron chi connectivity index (χ0n) is 13.7. The van der Waals surface area contributed by atoms with Crippen LogP contribution in [0.1, 0.15) is 33.1 Å². The van der Waals surface area contributed by atoms with E-state index < -0.39 is 12.1 Å². The molecule has 0 atom stereocenters. The number of alkyl carbamates (subject to hydrolysis) is 1. The SMILES string of the molecule is C/C=C\C(=C/CC)COC(=O)N/C(C=O)=C(\CCC(=O)O)NC. The molecule has 0 saturated heterocycles. The van der Waals surface area contributed by atoms with Crippen molar-refractivity contribution < 1.29 is 24.2 Å². The van der Waals surface area contributed by atoms with E-state index in [9.17, 15) is 14.4 Å². The number of allylic oxidation sites excluding steroid dienone is 4. The number of nitrogens with one attached hydrogen (secondary N) is 2. The first kappa shape index (κ1) is 20.4. The second-order valence-corrected chi connectivity index (χ2v) is 4.54. The van der Waals surface area contributed by atoms with Gasteiger partial charge in [0, 0.05) is 12.7 Å². The largest absolute Gasteiger partial charge is 0.481 e. The van der Waals surface area contributed by atoms with Gasteiger partial charge in [-0.1, -0.05) is 25.2 Å². The van der Waals surface area contributed by atoms with E-state index in [1.54, 1.807) is 7.05 Å². The van der Waals surface area contributed by atoms with Gasteiger partial charge < -0.3 is 15.2 Å². The Morgan fingerprint density at radius 3 is 2.43 bits per heavy atom. The lowest BCUT2D eigenvalue weighted by molar-refractivity contribution is -0.137. The van der Waals surface area contributed by atoms with Crippen LogP contribution in [-0.2, 0) is 14.3 Å². The first-order valence-electron chi connectivity index (χ1n) is 7.31. The van der Waals surface area contributed by atoms with Gasteiger partial charge in [-0.2, -0.15) is 0 Å². The molecule has 0 spiro atoms. The van der Waals surface area contributed by atoms with Gasteiger partial charge in [-0.25, -0.2) is 4.79 Å². The fraction of sp³-hybridized carbons (Fsp3) is 0.438. The second kappa shape index (κ2) is 12.0. The molecule has 1 amide bonds. The molecule has 3 N–H and O–H groups in total. The van der Waals surface area contributed by atoms with Crippen LogP contribution in [0.2, 0.25) is 0 Å². The maximum absolute atomic E-state index is 11.8. The van der Waals surface area contributed by atoms with Crippen LogP contribution in [0.4, 0.5) is 4.79 Å². The van der Waals surface area contributed by atoms with E-state index in [2.05, 4.69) is 10.6 Å². The number of carboxylic acids is 1. The summed E-state index contributed by atoms with van der Waals surface area (Å²) in [7, 11) is 1.54. The number of rotatable bonds is 10. The smallest absolute Gasteiger partial charge is 0.412 e. The average Bonchev–Trinajstić information content (AvgIpc) is 2.52. The van der Waals surface area contributed by atoms with E-state index >= 15 is 0 Å². The molecule has 0 aliphatic carbocycles. The van der Waals surface area contributed by atoms with Gasteiger partial charge in [0.05, 0.1) is 6.42 Å². The van der Waals surface area contributed by atoms with Gasteiger partial charge in [-0.15, -0.1) is 0 Å². The number of carboxylic acid groups (broad SMARTS) is 1. The highest BCUT2D eigenvalue weighted by atomic mass is 16.5. The van der Waals surface area contributed by atoms with Gasteiger partial charge in [0.1, 0.15) is 12.3 Å². The van der Waals surface area contributed by atoms with Crippen molar-refractivity contribution in [3.63, 3.8) is 0 Å². The van der Waals surface area contributed by atoms with Gasteiger partial charge in [0.15, 0.2) is 6.29 Å². The van der Waals surface area contributed by atoms with Crippen LogP contribution in [0.5, 0.6) is 0 Å². The van der Waals surface area contributed by atoms with Crippen LogP contribution in [0.3, 0.4) is 0 Å². The molecular formula is C16H24N2O5. The molecule has 0 aliphatic rings. The standard InChI is InChI=1S/C16H24N2O5/c1-4-6-12(7-5-2)11-23-16(22)18-14(10-19)13(17-3)8-9-15(20)21/h4,6-7,10,17H,5,8-9,11H2,1-3H3,(H,18,22)(H,20,21)/b6-4-,12-7+,14-13+. The Balaban J connectivity index is 4.78. The minimum atomic E-state index is -0.994. The molecule has 0 bridgehead atoms. The van der Waals surface area contributed by atoms with Crippen LogP contribution >= 0.6 is 0 Å². The number of aliphatic carboxylic acids is 1. The summed E-state index contributed by atoms with van der Waals surface area (Å²) >= 11 is 0. The first-order valence-corrected chi connectivity index (χ1v) is 7.31. The topological polar surface area (TPSA) is 105 Å². The summed E-state index contributed by atoms with van der Waals surface area (Å²) in [6, 6.07) is 0. The maximum Gasteiger partial charge on any atom is 0.412 e. The van der Waals surface area contributed by atoms with E-state index in [1.165, 1.54) is 0 Å². The van der Waals surface area contributed by atoms with Crippen molar-refractivity contribution >= 4 is 18.3 Å². The predicted octanol–water partition coefficient (Wildman–Crippen LogP) is 2.12. The number of carbonyl (C=O) groups excluding carboxylic acids is 2. The zero-order valence-corrected chi connectivity index (χ0v) is 13.7. The predicted molar refractivity (Wildman–Crippen MR) is 86.7 cm³/mol. The van der Waals surface area contributed by atoms with Crippen LogP contribution in [0.15, 0.2) is 35.2 Å². The molecule has 0 heterocycles. The highest BCUT2D eigenvalue weighted by Crippen LogP contribution is 2.06. The molecule has 0 aliphatic heterocycles. The summed E-state index contributed by atoms with van der Waals surface area (Å²) in [4.78, 5) is 33.4. The monoisotopic (exact) mass is 324 g/mol. The molecular weight excluding hydrogens is 300 g/mol. The highest BCUT2D eigenvalue weighted by Gasteiger charge is 2.12. The van der Waals surface area contributed by atoms with E-state index in [0.29, 0.717) is 12.0 Å². The van der Waals surface area contributed by atoms with Crippen LogP contribution in [0.25, 0.3) is 0 Å². The molecule has 7 nitrogen and oxygen atoms in total. The van der Waals surface area contributed by atoms with Crippen LogP contribution < -0.4 is 10.6 Å². The molecule has 128 valence electrons. The average molecular weight is 324 g/mol. The Morgan fingerprint density at radius 1 is 1.26 bits per heavy atom. The number of ether oxygens (including phenoxy) is 1. The number of carbonyl (C=O) groups is 3. The van der Waals surface area contributed by atoms with Gasteiger partial charge in [-0.05, 0) is 25.3 Å². The summed E-state index contributed by atoms with van der Waals surface area (Å²) < 4.78 is 5.06. The third kappa shape index (κ3) is 9.13. The van der Waals surface area contributed by atoms with Crippen molar-refractivity contribution in [2.75, 3.05) is 13.7 Å². The Labute approximate surface area is 136 Å². The first-order chi connectivity index (χ1) is 11.0. The Hall–Kier alpha value is -2.57. The number of amides is 1. The third-order valence-corrected chi connectivity index (χ3v) is 2.79. The molecule has 0 rings (SSSR count). The molecule has 0 radical (unpaired) electrons. The molecule has 0 saturated carbocycles. The molecule has 23 heavy (non-hydrogen) atoms. The quantitative estimate of drug-likeness (QED) is 0.323. The van der Waals surface area contributed by atoms with Crippen molar-refractivity contribution in [2.45, 2.75) is 33.1 Å². The fourth-order valence-corrected chi connectivity index (χ4v) is 1.75. The lowest BCUT2D eigenvalue weighted by Gasteiger charge is -2.12. The summed E-state index contributed by atoms with van der Waals surface area (Å²) in [5.41, 5.74) is 1.14. The number of aldehydes is 1. The fourth-order valence-electron chi connectivity index (χ4n) is 1.75. The maximum atomic E-state index is 11.8. The Bertz CT molecular complexity index is 507.